The minimum absolute atomic E-state index is 0.102. The quantitative estimate of drug-likeness (QED) is 0.358. The third-order valence-corrected chi connectivity index (χ3v) is 4.41. The minimum Gasteiger partial charge on any atom is -0.443 e. The van der Waals surface area contributed by atoms with E-state index in [2.05, 4.69) is 27.9 Å². The molecule has 0 saturated carbocycles. The van der Waals surface area contributed by atoms with Gasteiger partial charge in [0.15, 0.2) is 0 Å². The zero-order valence-corrected chi connectivity index (χ0v) is 14.5. The summed E-state index contributed by atoms with van der Waals surface area (Å²) in [5, 5.41) is 2.27. The van der Waals surface area contributed by atoms with E-state index >= 15 is 0 Å². The zero-order chi connectivity index (χ0) is 15.6. The van der Waals surface area contributed by atoms with Gasteiger partial charge in [0.2, 0.25) is 0 Å². The Balaban J connectivity index is 1.86. The highest BCUT2D eigenvalue weighted by Crippen LogP contribution is 2.36. The summed E-state index contributed by atoms with van der Waals surface area (Å²) in [6, 6.07) is 9.71. The Hall–Kier alpha value is -1.31. The maximum absolute atomic E-state index is 12.0. The monoisotopic (exact) mass is 402 g/mol. The first-order chi connectivity index (χ1) is 9.78. The van der Waals surface area contributed by atoms with Crippen molar-refractivity contribution in [3.05, 3.63) is 35.9 Å². The smallest absolute Gasteiger partial charge is 0.415 e. The molecule has 3 amide bonds. The van der Waals surface area contributed by atoms with Crippen LogP contribution in [-0.4, -0.2) is 32.7 Å². The number of amides is 3. The van der Waals surface area contributed by atoms with E-state index in [0.717, 1.165) is 6.42 Å². The van der Waals surface area contributed by atoms with Crippen molar-refractivity contribution in [1.29, 1.82) is 0 Å². The lowest BCUT2D eigenvalue weighted by atomic mass is 10.1. The number of alkyl halides is 1. The van der Waals surface area contributed by atoms with Gasteiger partial charge in [-0.05, 0) is 32.8 Å². The van der Waals surface area contributed by atoms with Crippen molar-refractivity contribution < 1.29 is 14.3 Å². The van der Waals surface area contributed by atoms with E-state index in [1.165, 1.54) is 5.56 Å². The Bertz CT molecular complexity index is 527. The molecule has 1 fully saturated rings. The molecule has 2 rings (SSSR count). The van der Waals surface area contributed by atoms with Gasteiger partial charge >= 0.3 is 12.1 Å². The first-order valence-corrected chi connectivity index (χ1v) is 8.03. The summed E-state index contributed by atoms with van der Waals surface area (Å²) in [5.41, 5.74) is 0.563. The van der Waals surface area contributed by atoms with Crippen molar-refractivity contribution in [2.24, 2.45) is 0 Å². The van der Waals surface area contributed by atoms with Crippen LogP contribution in [0.15, 0.2) is 30.3 Å². The molecule has 1 aromatic rings. The van der Waals surface area contributed by atoms with Gasteiger partial charge in [-0.25, -0.2) is 14.9 Å². The number of carbonyl (C=O) groups is 2. The number of nitrogens with zero attached hydrogens (tertiary/aromatic N) is 1. The van der Waals surface area contributed by atoms with Gasteiger partial charge < -0.3 is 9.64 Å². The van der Waals surface area contributed by atoms with Crippen molar-refractivity contribution in [2.45, 2.75) is 42.9 Å². The molecule has 1 heterocycles. The number of ether oxygens (including phenoxy) is 1. The summed E-state index contributed by atoms with van der Waals surface area (Å²) in [6.07, 6.45) is 0.0809. The number of alkyl carbamates (subject to hydrolysis) is 1. The van der Waals surface area contributed by atoms with Crippen molar-refractivity contribution in [3.63, 3.8) is 0 Å². The summed E-state index contributed by atoms with van der Waals surface area (Å²) in [7, 11) is 0. The Kier molecular flexibility index (Phi) is 4.75. The van der Waals surface area contributed by atoms with Crippen LogP contribution in [0.25, 0.3) is 0 Å². The molecule has 0 unspecified atom stereocenters. The van der Waals surface area contributed by atoms with E-state index in [1.54, 1.807) is 25.7 Å². The second-order valence-electron chi connectivity index (χ2n) is 5.97. The molecule has 0 radical (unpaired) electrons. The SMILES string of the molecule is CC(C)(C)OC(=O)NC(=O)N1[C@@H](I)[C@@H]1Cc1ccccc1. The zero-order valence-electron chi connectivity index (χ0n) is 12.3. The highest BCUT2D eigenvalue weighted by molar-refractivity contribution is 14.1. The molecular formula is C15H19IN2O3. The second-order valence-corrected chi connectivity index (χ2v) is 7.25. The van der Waals surface area contributed by atoms with Gasteiger partial charge in [0.25, 0.3) is 0 Å². The topological polar surface area (TPSA) is 58.4 Å². The third-order valence-electron chi connectivity index (χ3n) is 2.98. The first kappa shape index (κ1) is 16.1. The lowest BCUT2D eigenvalue weighted by Crippen LogP contribution is -2.39. The largest absolute Gasteiger partial charge is 0.443 e. The standard InChI is InChI=1S/C15H19IN2O3/c1-15(2,3)21-14(20)17-13(19)18-11(12(18)16)9-10-7-5-4-6-8-10/h4-8,11-12H,9H2,1-3H3,(H,17,19,20)/t11-,12+,18?/m0/s1. The Morgan fingerprint density at radius 3 is 2.48 bits per heavy atom. The maximum atomic E-state index is 12.0. The summed E-state index contributed by atoms with van der Waals surface area (Å²) >= 11 is 2.21. The molecule has 1 aliphatic heterocycles. The van der Waals surface area contributed by atoms with Crippen LogP contribution in [0.4, 0.5) is 9.59 Å². The predicted molar refractivity (Wildman–Crippen MR) is 88.3 cm³/mol. The van der Waals surface area contributed by atoms with Crippen LogP contribution in [0.2, 0.25) is 0 Å². The summed E-state index contributed by atoms with van der Waals surface area (Å²) in [6.45, 7) is 5.27. The van der Waals surface area contributed by atoms with Crippen molar-refractivity contribution >= 4 is 34.7 Å². The highest BCUT2D eigenvalue weighted by Gasteiger charge is 2.49. The summed E-state index contributed by atoms with van der Waals surface area (Å²) in [4.78, 5) is 25.3. The highest BCUT2D eigenvalue weighted by atomic mass is 127. The van der Waals surface area contributed by atoms with E-state index < -0.39 is 17.7 Å². The average molecular weight is 402 g/mol. The maximum Gasteiger partial charge on any atom is 0.415 e. The van der Waals surface area contributed by atoms with E-state index in [0.29, 0.717) is 0 Å². The lowest BCUT2D eigenvalue weighted by molar-refractivity contribution is 0.0542. The van der Waals surface area contributed by atoms with Gasteiger partial charge in [0.05, 0.1) is 6.04 Å². The molecule has 6 heteroatoms. The molecule has 1 saturated heterocycles. The predicted octanol–water partition coefficient (Wildman–Crippen LogP) is 3.32. The van der Waals surface area contributed by atoms with Gasteiger partial charge in [-0.15, -0.1) is 0 Å². The Morgan fingerprint density at radius 2 is 1.90 bits per heavy atom. The van der Waals surface area contributed by atoms with Crippen LogP contribution >= 0.6 is 22.6 Å². The van der Waals surface area contributed by atoms with Crippen molar-refractivity contribution in [3.8, 4) is 0 Å². The second kappa shape index (κ2) is 6.21. The first-order valence-electron chi connectivity index (χ1n) is 6.78. The molecule has 2 atom stereocenters. The van der Waals surface area contributed by atoms with Gasteiger partial charge in [-0.2, -0.15) is 0 Å². The van der Waals surface area contributed by atoms with E-state index in [-0.39, 0.29) is 10.1 Å². The normalized spacial score (nSPS) is 20.9. The lowest BCUT2D eigenvalue weighted by Gasteiger charge is -2.19. The summed E-state index contributed by atoms with van der Waals surface area (Å²) < 4.78 is 5.18. The third kappa shape index (κ3) is 4.59. The molecule has 1 aromatic carbocycles. The molecule has 114 valence electrons. The number of halogens is 1. The van der Waals surface area contributed by atoms with Gasteiger partial charge in [0.1, 0.15) is 9.65 Å². The molecule has 0 aromatic heterocycles. The number of hydrogen-bond acceptors (Lipinski definition) is 3. The summed E-state index contributed by atoms with van der Waals surface area (Å²) in [5.74, 6) is 0. The molecule has 21 heavy (non-hydrogen) atoms. The number of urea groups is 1. The fourth-order valence-electron chi connectivity index (χ4n) is 2.02. The van der Waals surface area contributed by atoms with Crippen LogP contribution < -0.4 is 5.32 Å². The van der Waals surface area contributed by atoms with E-state index in [4.69, 9.17) is 4.74 Å². The van der Waals surface area contributed by atoms with E-state index in [9.17, 15) is 9.59 Å². The van der Waals surface area contributed by atoms with Crippen molar-refractivity contribution in [2.75, 3.05) is 0 Å². The van der Waals surface area contributed by atoms with Crippen LogP contribution in [0.1, 0.15) is 26.3 Å². The molecule has 0 aliphatic carbocycles. The van der Waals surface area contributed by atoms with Gasteiger partial charge in [0, 0.05) is 0 Å². The molecule has 1 N–H and O–H groups in total. The molecule has 0 bridgehead atoms. The number of benzene rings is 1. The number of hydrogen-bond donors (Lipinski definition) is 1. The van der Waals surface area contributed by atoms with Crippen LogP contribution in [0.5, 0.6) is 0 Å². The fraction of sp³-hybridized carbons (Fsp3) is 0.467. The van der Waals surface area contributed by atoms with Crippen molar-refractivity contribution in [1.82, 2.24) is 10.2 Å². The van der Waals surface area contributed by atoms with Crippen LogP contribution in [0, 0.1) is 0 Å². The number of imide groups is 1. The number of carbonyl (C=O) groups excluding carboxylic acids is 2. The number of nitrogens with one attached hydrogen (secondary N) is 1. The minimum atomic E-state index is -0.707. The van der Waals surface area contributed by atoms with E-state index in [1.807, 2.05) is 30.3 Å². The fourth-order valence-corrected chi connectivity index (χ4v) is 3.10. The van der Waals surface area contributed by atoms with Gasteiger partial charge in [-0.1, -0.05) is 52.9 Å². The molecule has 5 nitrogen and oxygen atoms in total. The molecular weight excluding hydrogens is 383 g/mol. The Morgan fingerprint density at radius 1 is 1.29 bits per heavy atom. The Labute approximate surface area is 138 Å². The van der Waals surface area contributed by atoms with Crippen LogP contribution in [-0.2, 0) is 11.2 Å². The molecule has 1 aliphatic rings. The number of rotatable bonds is 2. The van der Waals surface area contributed by atoms with Crippen LogP contribution in [0.3, 0.4) is 0 Å². The average Bonchev–Trinajstić information content (AvgIpc) is 2.98. The van der Waals surface area contributed by atoms with Gasteiger partial charge in [-0.3, -0.25) is 0 Å². The molecule has 0 spiro atoms.